The van der Waals surface area contributed by atoms with Crippen molar-refractivity contribution >= 4 is 29.0 Å². The second-order valence-corrected chi connectivity index (χ2v) is 3.89. The fourth-order valence-corrected chi connectivity index (χ4v) is 1.44. The Morgan fingerprint density at radius 3 is 2.88 bits per heavy atom. The van der Waals surface area contributed by atoms with Crippen LogP contribution in [0.15, 0.2) is 23.4 Å². The second kappa shape index (κ2) is 6.10. The number of halogens is 1. The molecule has 4 N–H and O–H groups in total. The maximum absolute atomic E-state index is 11.4. The molecule has 0 saturated carbocycles. The normalized spacial score (nSPS) is 11.3. The van der Waals surface area contributed by atoms with Gasteiger partial charge in [0.15, 0.2) is 5.84 Å². The second-order valence-electron chi connectivity index (χ2n) is 3.48. The first kappa shape index (κ1) is 13.3. The first-order valence-electron chi connectivity index (χ1n) is 5.15. The lowest BCUT2D eigenvalue weighted by Gasteiger charge is -2.08. The smallest absolute Gasteiger partial charge is 0.224 e. The fraction of sp³-hybridized carbons (Fsp3) is 0.273. The van der Waals surface area contributed by atoms with Gasteiger partial charge in [0.25, 0.3) is 0 Å². The van der Waals surface area contributed by atoms with E-state index in [4.69, 9.17) is 22.5 Å². The number of nitrogens with zero attached hydrogens (tertiary/aromatic N) is 1. The van der Waals surface area contributed by atoms with Crippen molar-refractivity contribution in [1.29, 1.82) is 0 Å². The Morgan fingerprint density at radius 2 is 2.29 bits per heavy atom. The van der Waals surface area contributed by atoms with Crippen LogP contribution in [0.5, 0.6) is 0 Å². The molecule has 0 aromatic heterocycles. The molecule has 0 atom stereocenters. The molecule has 1 rings (SSSR count). The van der Waals surface area contributed by atoms with E-state index in [2.05, 4.69) is 10.5 Å². The van der Waals surface area contributed by atoms with E-state index in [0.717, 1.165) is 6.42 Å². The van der Waals surface area contributed by atoms with Gasteiger partial charge < -0.3 is 16.3 Å². The van der Waals surface area contributed by atoms with Gasteiger partial charge in [-0.15, -0.1) is 0 Å². The molecular formula is C11H14ClN3O2. The van der Waals surface area contributed by atoms with Crippen molar-refractivity contribution in [2.24, 2.45) is 10.9 Å². The van der Waals surface area contributed by atoms with E-state index in [-0.39, 0.29) is 11.7 Å². The van der Waals surface area contributed by atoms with Crippen molar-refractivity contribution in [1.82, 2.24) is 0 Å². The maximum atomic E-state index is 11.4. The minimum atomic E-state index is -0.119. The molecule has 5 nitrogen and oxygen atoms in total. The van der Waals surface area contributed by atoms with E-state index < -0.39 is 0 Å². The summed E-state index contributed by atoms with van der Waals surface area (Å²) in [5.74, 6) is -0.154. The molecule has 6 heteroatoms. The zero-order valence-electron chi connectivity index (χ0n) is 9.40. The molecule has 1 aromatic carbocycles. The predicted octanol–water partition coefficient (Wildman–Crippen LogP) is 2.17. The fourth-order valence-electron chi connectivity index (χ4n) is 1.28. The summed E-state index contributed by atoms with van der Waals surface area (Å²) in [6, 6.07) is 4.74. The number of oxime groups is 1. The van der Waals surface area contributed by atoms with Gasteiger partial charge in [-0.05, 0) is 24.6 Å². The monoisotopic (exact) mass is 255 g/mol. The largest absolute Gasteiger partial charge is 0.409 e. The van der Waals surface area contributed by atoms with Gasteiger partial charge in [0.1, 0.15) is 0 Å². The molecular weight excluding hydrogens is 242 g/mol. The maximum Gasteiger partial charge on any atom is 0.224 e. The Balaban J connectivity index is 2.95. The molecule has 0 aliphatic heterocycles. The quantitative estimate of drug-likeness (QED) is 0.333. The van der Waals surface area contributed by atoms with Gasteiger partial charge in [0.2, 0.25) is 5.91 Å². The highest BCUT2D eigenvalue weighted by atomic mass is 35.5. The molecule has 17 heavy (non-hydrogen) atoms. The van der Waals surface area contributed by atoms with E-state index >= 15 is 0 Å². The van der Waals surface area contributed by atoms with Crippen LogP contribution in [0.2, 0.25) is 5.02 Å². The van der Waals surface area contributed by atoms with Crippen LogP contribution >= 0.6 is 11.6 Å². The minimum Gasteiger partial charge on any atom is -0.409 e. The summed E-state index contributed by atoms with van der Waals surface area (Å²) in [7, 11) is 0. The summed E-state index contributed by atoms with van der Waals surface area (Å²) in [4.78, 5) is 11.4. The predicted molar refractivity (Wildman–Crippen MR) is 67.5 cm³/mol. The lowest BCUT2D eigenvalue weighted by atomic mass is 10.2. The number of amides is 1. The number of rotatable bonds is 4. The summed E-state index contributed by atoms with van der Waals surface area (Å²) in [6.45, 7) is 1.91. The van der Waals surface area contributed by atoms with E-state index in [1.165, 1.54) is 0 Å². The van der Waals surface area contributed by atoms with Gasteiger partial charge in [0, 0.05) is 12.0 Å². The van der Waals surface area contributed by atoms with Crippen molar-refractivity contribution in [3.05, 3.63) is 28.8 Å². The Hall–Kier alpha value is -1.75. The van der Waals surface area contributed by atoms with Gasteiger partial charge in [-0.3, -0.25) is 4.79 Å². The van der Waals surface area contributed by atoms with Crippen LogP contribution < -0.4 is 11.1 Å². The summed E-state index contributed by atoms with van der Waals surface area (Å²) in [5, 5.41) is 14.5. The Bertz CT molecular complexity index is 446. The highest BCUT2D eigenvalue weighted by molar-refractivity contribution is 6.33. The zero-order chi connectivity index (χ0) is 12.8. The van der Waals surface area contributed by atoms with Crippen LogP contribution in [0.4, 0.5) is 5.69 Å². The first-order valence-corrected chi connectivity index (χ1v) is 5.53. The molecule has 0 fully saturated rings. The summed E-state index contributed by atoms with van der Waals surface area (Å²) < 4.78 is 0. The first-order chi connectivity index (χ1) is 8.08. The van der Waals surface area contributed by atoms with E-state index in [1.54, 1.807) is 18.2 Å². The number of benzene rings is 1. The third-order valence-electron chi connectivity index (χ3n) is 2.12. The Kier molecular flexibility index (Phi) is 4.78. The Labute approximate surface area is 104 Å². The molecule has 0 aliphatic rings. The SMILES string of the molecule is CCCC(=O)Nc1cc(C(N)=NO)ccc1Cl. The minimum absolute atomic E-state index is 0.0346. The number of carbonyl (C=O) groups is 1. The molecule has 0 heterocycles. The van der Waals surface area contributed by atoms with E-state index in [9.17, 15) is 4.79 Å². The van der Waals surface area contributed by atoms with Gasteiger partial charge in [-0.2, -0.15) is 0 Å². The van der Waals surface area contributed by atoms with Crippen LogP contribution in [0, 0.1) is 0 Å². The number of hydrogen-bond donors (Lipinski definition) is 3. The third kappa shape index (κ3) is 3.64. The van der Waals surface area contributed by atoms with Crippen molar-refractivity contribution in [2.45, 2.75) is 19.8 Å². The van der Waals surface area contributed by atoms with Crippen molar-refractivity contribution in [3.63, 3.8) is 0 Å². The number of anilines is 1. The number of carbonyl (C=O) groups excluding carboxylic acids is 1. The van der Waals surface area contributed by atoms with Gasteiger partial charge in [-0.1, -0.05) is 23.7 Å². The average Bonchev–Trinajstić information content (AvgIpc) is 2.31. The van der Waals surface area contributed by atoms with Gasteiger partial charge in [-0.25, -0.2) is 0 Å². The molecule has 1 amide bonds. The third-order valence-corrected chi connectivity index (χ3v) is 2.45. The molecule has 0 aliphatic carbocycles. The lowest BCUT2D eigenvalue weighted by Crippen LogP contribution is -2.15. The molecule has 0 radical (unpaired) electrons. The van der Waals surface area contributed by atoms with Gasteiger partial charge >= 0.3 is 0 Å². The standard InChI is InChI=1S/C11H14ClN3O2/c1-2-3-10(16)14-9-6-7(11(13)15-17)4-5-8(9)12/h4-6,17H,2-3H2,1H3,(H2,13,15)(H,14,16). The van der Waals surface area contributed by atoms with Crippen LogP contribution in [-0.2, 0) is 4.79 Å². The summed E-state index contributed by atoms with van der Waals surface area (Å²) in [5.41, 5.74) is 6.39. The molecule has 1 aromatic rings. The van der Waals surface area contributed by atoms with Crippen molar-refractivity contribution < 1.29 is 10.0 Å². The lowest BCUT2D eigenvalue weighted by molar-refractivity contribution is -0.116. The van der Waals surface area contributed by atoms with Crippen molar-refractivity contribution in [3.8, 4) is 0 Å². The highest BCUT2D eigenvalue weighted by Gasteiger charge is 2.08. The molecule has 0 bridgehead atoms. The molecule has 0 unspecified atom stereocenters. The van der Waals surface area contributed by atoms with Crippen LogP contribution in [-0.4, -0.2) is 17.0 Å². The molecule has 0 saturated heterocycles. The Morgan fingerprint density at radius 1 is 1.59 bits per heavy atom. The summed E-state index contributed by atoms with van der Waals surface area (Å²) in [6.07, 6.45) is 1.17. The van der Waals surface area contributed by atoms with Crippen LogP contribution in [0.3, 0.4) is 0 Å². The molecule has 92 valence electrons. The summed E-state index contributed by atoms with van der Waals surface area (Å²) >= 11 is 5.93. The van der Waals surface area contributed by atoms with E-state index in [0.29, 0.717) is 22.7 Å². The highest BCUT2D eigenvalue weighted by Crippen LogP contribution is 2.23. The topological polar surface area (TPSA) is 87.7 Å². The van der Waals surface area contributed by atoms with E-state index in [1.807, 2.05) is 6.92 Å². The van der Waals surface area contributed by atoms with Crippen LogP contribution in [0.1, 0.15) is 25.3 Å². The molecule has 0 spiro atoms. The average molecular weight is 256 g/mol. The van der Waals surface area contributed by atoms with Crippen LogP contribution in [0.25, 0.3) is 0 Å². The number of amidine groups is 1. The zero-order valence-corrected chi connectivity index (χ0v) is 10.2. The number of nitrogens with two attached hydrogens (primary N) is 1. The van der Waals surface area contributed by atoms with Gasteiger partial charge in [0.05, 0.1) is 10.7 Å². The number of hydrogen-bond acceptors (Lipinski definition) is 3. The number of nitrogens with one attached hydrogen (secondary N) is 1. The van der Waals surface area contributed by atoms with Crippen molar-refractivity contribution in [2.75, 3.05) is 5.32 Å².